The highest BCUT2D eigenvalue weighted by Crippen LogP contribution is 2.42. The van der Waals surface area contributed by atoms with Crippen LogP contribution in [0.5, 0.6) is 0 Å². The van der Waals surface area contributed by atoms with E-state index in [2.05, 4.69) is 0 Å². The quantitative estimate of drug-likeness (QED) is 0.546. The third-order valence-corrected chi connectivity index (χ3v) is 6.15. The fourth-order valence-corrected chi connectivity index (χ4v) is 4.63. The van der Waals surface area contributed by atoms with E-state index in [4.69, 9.17) is 30.8 Å². The molecule has 1 aromatic heterocycles. The van der Waals surface area contributed by atoms with Gasteiger partial charge in [-0.25, -0.2) is 9.59 Å². The number of likely N-dealkylation sites (tertiary alicyclic amines) is 1. The Balaban J connectivity index is 1.78. The third kappa shape index (κ3) is 4.98. The molecular formula is C25H27ClN2O5. The zero-order valence-electron chi connectivity index (χ0n) is 18.8. The summed E-state index contributed by atoms with van der Waals surface area (Å²) in [6.07, 6.45) is 2.09. The number of amides is 1. The molecule has 1 saturated heterocycles. The number of pyridine rings is 1. The van der Waals surface area contributed by atoms with Crippen LogP contribution in [0.4, 0.5) is 9.59 Å². The lowest BCUT2D eigenvalue weighted by atomic mass is 9.88. The van der Waals surface area contributed by atoms with Crippen molar-refractivity contribution in [1.29, 1.82) is 0 Å². The first kappa shape index (κ1) is 23.1. The van der Waals surface area contributed by atoms with Gasteiger partial charge >= 0.3 is 12.2 Å². The predicted molar refractivity (Wildman–Crippen MR) is 124 cm³/mol. The number of benzene rings is 1. The van der Waals surface area contributed by atoms with Crippen molar-refractivity contribution in [3.05, 3.63) is 69.5 Å². The summed E-state index contributed by atoms with van der Waals surface area (Å²) in [6, 6.07) is 9.54. The molecule has 1 aliphatic carbocycles. The van der Waals surface area contributed by atoms with E-state index in [0.717, 1.165) is 28.0 Å². The van der Waals surface area contributed by atoms with Gasteiger partial charge in [-0.05, 0) is 56.0 Å². The number of aromatic nitrogens is 1. The van der Waals surface area contributed by atoms with Gasteiger partial charge in [-0.15, -0.1) is 0 Å². The molecular weight excluding hydrogens is 444 g/mol. The number of halogens is 1. The van der Waals surface area contributed by atoms with Gasteiger partial charge in [0, 0.05) is 41.9 Å². The molecule has 1 aliphatic heterocycles. The zero-order chi connectivity index (χ0) is 23.4. The largest absolute Gasteiger partial charge is 0.508 e. The molecule has 0 saturated carbocycles. The standard InChI is InChI=1S/C25H27ClN2O5/c1-3-31-24(29)28-12-9-16(10-13-28)22-19-8-7-18(26)15-20(19)21(33-25(30)32-4-2)14-17-6-5-11-27-23(17)22/h5-8,11,15,21H,3-4,9-10,12-14H2,1-2H3. The van der Waals surface area contributed by atoms with Gasteiger partial charge in [-0.3, -0.25) is 4.98 Å². The van der Waals surface area contributed by atoms with Crippen molar-refractivity contribution in [2.24, 2.45) is 0 Å². The Morgan fingerprint density at radius 1 is 1.12 bits per heavy atom. The number of hydrogen-bond acceptors (Lipinski definition) is 6. The first-order valence-corrected chi connectivity index (χ1v) is 11.6. The van der Waals surface area contributed by atoms with Crippen LogP contribution in [0.3, 0.4) is 0 Å². The number of ether oxygens (including phenoxy) is 3. The van der Waals surface area contributed by atoms with Gasteiger partial charge in [-0.1, -0.05) is 29.3 Å². The number of hydrogen-bond donors (Lipinski definition) is 0. The number of carbonyl (C=O) groups excluding carboxylic acids is 2. The summed E-state index contributed by atoms with van der Waals surface area (Å²) in [4.78, 5) is 30.8. The van der Waals surface area contributed by atoms with E-state index in [9.17, 15) is 9.59 Å². The summed E-state index contributed by atoms with van der Waals surface area (Å²) >= 11 is 6.36. The van der Waals surface area contributed by atoms with Crippen LogP contribution >= 0.6 is 11.6 Å². The van der Waals surface area contributed by atoms with Crippen molar-refractivity contribution in [2.45, 2.75) is 39.2 Å². The minimum atomic E-state index is -0.710. The van der Waals surface area contributed by atoms with Crippen molar-refractivity contribution < 1.29 is 23.8 Å². The molecule has 0 spiro atoms. The molecule has 1 amide bonds. The van der Waals surface area contributed by atoms with Gasteiger partial charge in [0.05, 0.1) is 18.9 Å². The summed E-state index contributed by atoms with van der Waals surface area (Å²) < 4.78 is 15.9. The monoisotopic (exact) mass is 470 g/mol. The van der Waals surface area contributed by atoms with Gasteiger partial charge in [0.1, 0.15) is 6.10 Å². The van der Waals surface area contributed by atoms with Crippen molar-refractivity contribution >= 4 is 29.4 Å². The van der Waals surface area contributed by atoms with Crippen molar-refractivity contribution in [3.8, 4) is 0 Å². The van der Waals surface area contributed by atoms with Crippen LogP contribution in [-0.4, -0.2) is 48.4 Å². The van der Waals surface area contributed by atoms with E-state index in [1.54, 1.807) is 24.9 Å². The van der Waals surface area contributed by atoms with Crippen LogP contribution in [0.1, 0.15) is 55.2 Å². The summed E-state index contributed by atoms with van der Waals surface area (Å²) in [5, 5.41) is 0.562. The highest BCUT2D eigenvalue weighted by Gasteiger charge is 2.32. The van der Waals surface area contributed by atoms with Crippen molar-refractivity contribution in [2.75, 3.05) is 26.3 Å². The summed E-state index contributed by atoms with van der Waals surface area (Å²) in [7, 11) is 0. The Morgan fingerprint density at radius 3 is 2.61 bits per heavy atom. The molecule has 4 rings (SSSR count). The molecule has 0 N–H and O–H groups in total. The van der Waals surface area contributed by atoms with Crippen LogP contribution in [0.25, 0.3) is 5.57 Å². The van der Waals surface area contributed by atoms with Crippen LogP contribution < -0.4 is 0 Å². The highest BCUT2D eigenvalue weighted by atomic mass is 35.5. The maximum atomic E-state index is 12.2. The van der Waals surface area contributed by atoms with Gasteiger partial charge in [0.25, 0.3) is 0 Å². The molecule has 8 heteroatoms. The summed E-state index contributed by atoms with van der Waals surface area (Å²) in [5.74, 6) is 0. The Kier molecular flexibility index (Phi) is 7.18. The third-order valence-electron chi connectivity index (χ3n) is 5.91. The SMILES string of the molecule is CCOC(=O)OC1Cc2cccnc2C(=C2CCN(C(=O)OCC)CC2)c2ccc(Cl)cc21. The molecule has 2 aliphatic rings. The molecule has 0 bridgehead atoms. The molecule has 33 heavy (non-hydrogen) atoms. The second-order valence-electron chi connectivity index (χ2n) is 7.90. The van der Waals surface area contributed by atoms with E-state index in [-0.39, 0.29) is 12.7 Å². The van der Waals surface area contributed by atoms with Gasteiger partial charge in [0.2, 0.25) is 0 Å². The maximum absolute atomic E-state index is 12.2. The lowest BCUT2D eigenvalue weighted by Crippen LogP contribution is -2.37. The topological polar surface area (TPSA) is 78.0 Å². The molecule has 1 unspecified atom stereocenters. The lowest BCUT2D eigenvalue weighted by molar-refractivity contribution is 0.0257. The number of piperidine rings is 1. The van der Waals surface area contributed by atoms with Crippen LogP contribution in [0.15, 0.2) is 42.1 Å². The van der Waals surface area contributed by atoms with Crippen LogP contribution in [0.2, 0.25) is 5.02 Å². The van der Waals surface area contributed by atoms with Crippen LogP contribution in [0, 0.1) is 0 Å². The zero-order valence-corrected chi connectivity index (χ0v) is 19.6. The van der Waals surface area contributed by atoms with E-state index >= 15 is 0 Å². The molecule has 7 nitrogen and oxygen atoms in total. The van der Waals surface area contributed by atoms with E-state index < -0.39 is 12.3 Å². The van der Waals surface area contributed by atoms with Crippen molar-refractivity contribution in [3.63, 3.8) is 0 Å². The molecule has 2 heterocycles. The first-order chi connectivity index (χ1) is 16.0. The molecule has 0 radical (unpaired) electrons. The number of nitrogens with zero attached hydrogens (tertiary/aromatic N) is 2. The minimum absolute atomic E-state index is 0.234. The number of carbonyl (C=O) groups is 2. The summed E-state index contributed by atoms with van der Waals surface area (Å²) in [6.45, 7) is 5.29. The average Bonchev–Trinajstić information content (AvgIpc) is 2.94. The number of fused-ring (bicyclic) bond motifs is 2. The molecule has 1 fully saturated rings. The Morgan fingerprint density at radius 2 is 1.88 bits per heavy atom. The van der Waals surface area contributed by atoms with Gasteiger partial charge in [0.15, 0.2) is 0 Å². The normalized spacial score (nSPS) is 17.5. The van der Waals surface area contributed by atoms with Crippen LogP contribution in [-0.2, 0) is 20.6 Å². The highest BCUT2D eigenvalue weighted by molar-refractivity contribution is 6.30. The van der Waals surface area contributed by atoms with Gasteiger partial charge < -0.3 is 19.1 Å². The second-order valence-corrected chi connectivity index (χ2v) is 8.34. The van der Waals surface area contributed by atoms with E-state index in [1.807, 2.05) is 30.3 Å². The molecule has 2 aromatic rings. The molecule has 174 valence electrons. The number of rotatable bonds is 3. The summed E-state index contributed by atoms with van der Waals surface area (Å²) in [5.41, 5.74) is 5.84. The Bertz CT molecular complexity index is 1070. The fourth-order valence-electron chi connectivity index (χ4n) is 4.45. The molecule has 1 aromatic carbocycles. The Labute approximate surface area is 198 Å². The lowest BCUT2D eigenvalue weighted by Gasteiger charge is -2.29. The van der Waals surface area contributed by atoms with E-state index in [0.29, 0.717) is 44.0 Å². The predicted octanol–water partition coefficient (Wildman–Crippen LogP) is 5.56. The van der Waals surface area contributed by atoms with Gasteiger partial charge in [-0.2, -0.15) is 0 Å². The maximum Gasteiger partial charge on any atom is 0.508 e. The Hall–Kier alpha value is -3.06. The smallest absolute Gasteiger partial charge is 0.450 e. The van der Waals surface area contributed by atoms with Crippen molar-refractivity contribution in [1.82, 2.24) is 9.88 Å². The molecule has 1 atom stereocenters. The average molecular weight is 471 g/mol. The first-order valence-electron chi connectivity index (χ1n) is 11.2. The van der Waals surface area contributed by atoms with E-state index in [1.165, 1.54) is 5.57 Å². The fraction of sp³-hybridized carbons (Fsp3) is 0.400. The minimum Gasteiger partial charge on any atom is -0.450 e. The second kappa shape index (κ2) is 10.3.